The molecule has 6 heteroatoms. The molecule has 0 aliphatic rings. The first kappa shape index (κ1) is 12.8. The molecule has 2 aromatic heterocycles. The van der Waals surface area contributed by atoms with Crippen LogP contribution < -0.4 is 0 Å². The molecule has 0 unspecified atom stereocenters. The number of hydrogen-bond donors (Lipinski definition) is 0. The van der Waals surface area contributed by atoms with Crippen molar-refractivity contribution in [1.82, 2.24) is 4.98 Å². The molecule has 0 spiro atoms. The van der Waals surface area contributed by atoms with Gasteiger partial charge in [0, 0.05) is 6.42 Å². The molecule has 0 fully saturated rings. The van der Waals surface area contributed by atoms with E-state index in [1.54, 1.807) is 13.0 Å². The Morgan fingerprint density at radius 3 is 2.76 bits per heavy atom. The molecule has 0 saturated heterocycles. The van der Waals surface area contributed by atoms with Gasteiger partial charge in [-0.3, -0.25) is 0 Å². The standard InChI is InChI=1S/C11H9BrClF2NO/c1-3-11(14,15)10-7(12)8-9(17-10)5(2)4-6(13)16-8/h4H,3H2,1-2H3. The van der Waals surface area contributed by atoms with Crippen LogP contribution in [0.5, 0.6) is 0 Å². The van der Waals surface area contributed by atoms with E-state index in [9.17, 15) is 8.78 Å². The summed E-state index contributed by atoms with van der Waals surface area (Å²) in [5.74, 6) is -3.41. The van der Waals surface area contributed by atoms with Crippen molar-refractivity contribution in [2.24, 2.45) is 0 Å². The average molecular weight is 325 g/mol. The number of halogens is 4. The fourth-order valence-electron chi connectivity index (χ4n) is 1.55. The van der Waals surface area contributed by atoms with Crippen LogP contribution in [0.1, 0.15) is 24.7 Å². The van der Waals surface area contributed by atoms with Gasteiger partial charge in [-0.15, -0.1) is 0 Å². The van der Waals surface area contributed by atoms with E-state index >= 15 is 0 Å². The summed E-state index contributed by atoms with van der Waals surface area (Å²) in [7, 11) is 0. The van der Waals surface area contributed by atoms with Gasteiger partial charge in [-0.2, -0.15) is 8.78 Å². The van der Waals surface area contributed by atoms with Gasteiger partial charge in [0.05, 0.1) is 4.47 Å². The maximum atomic E-state index is 13.6. The van der Waals surface area contributed by atoms with Crippen molar-refractivity contribution in [3.05, 3.63) is 27.0 Å². The van der Waals surface area contributed by atoms with Gasteiger partial charge >= 0.3 is 5.92 Å². The molecular formula is C11H9BrClF2NO. The lowest BCUT2D eigenvalue weighted by Gasteiger charge is -2.10. The van der Waals surface area contributed by atoms with Crippen LogP contribution in [0.3, 0.4) is 0 Å². The van der Waals surface area contributed by atoms with Gasteiger partial charge in [0.1, 0.15) is 10.7 Å². The number of nitrogens with zero attached hydrogens (tertiary/aromatic N) is 1. The second kappa shape index (κ2) is 4.21. The molecule has 0 bridgehead atoms. The predicted molar refractivity (Wildman–Crippen MR) is 65.6 cm³/mol. The van der Waals surface area contributed by atoms with E-state index in [2.05, 4.69) is 20.9 Å². The van der Waals surface area contributed by atoms with Gasteiger partial charge in [0.2, 0.25) is 0 Å². The van der Waals surface area contributed by atoms with E-state index in [1.807, 2.05) is 0 Å². The Morgan fingerprint density at radius 1 is 1.53 bits per heavy atom. The Kier molecular flexibility index (Phi) is 3.16. The summed E-state index contributed by atoms with van der Waals surface area (Å²) >= 11 is 8.89. The van der Waals surface area contributed by atoms with E-state index in [0.717, 1.165) is 0 Å². The quantitative estimate of drug-likeness (QED) is 0.722. The first-order valence-corrected chi connectivity index (χ1v) is 6.17. The summed E-state index contributed by atoms with van der Waals surface area (Å²) in [5, 5.41) is 0.253. The van der Waals surface area contributed by atoms with Gasteiger partial charge in [-0.1, -0.05) is 18.5 Å². The summed E-state index contributed by atoms with van der Waals surface area (Å²) in [6.07, 6.45) is -0.335. The molecule has 0 saturated carbocycles. The lowest BCUT2D eigenvalue weighted by atomic mass is 10.2. The molecule has 2 heterocycles. The molecule has 0 aromatic carbocycles. The minimum atomic E-state index is -3.02. The molecule has 2 nitrogen and oxygen atoms in total. The van der Waals surface area contributed by atoms with Crippen molar-refractivity contribution in [1.29, 1.82) is 0 Å². The van der Waals surface area contributed by atoms with Crippen LogP contribution >= 0.6 is 27.5 Å². The minimum Gasteiger partial charge on any atom is -0.451 e. The Bertz CT molecular complexity index is 582. The number of aryl methyl sites for hydroxylation is 1. The van der Waals surface area contributed by atoms with E-state index < -0.39 is 11.7 Å². The van der Waals surface area contributed by atoms with Crippen molar-refractivity contribution in [3.8, 4) is 0 Å². The van der Waals surface area contributed by atoms with Crippen molar-refractivity contribution in [2.75, 3.05) is 0 Å². The molecule has 2 aromatic rings. The predicted octanol–water partition coefficient (Wildman–Crippen LogP) is 5.05. The number of fused-ring (bicyclic) bond motifs is 1. The second-order valence-corrected chi connectivity index (χ2v) is 4.92. The highest BCUT2D eigenvalue weighted by atomic mass is 79.9. The highest BCUT2D eigenvalue weighted by Gasteiger charge is 2.37. The highest BCUT2D eigenvalue weighted by Crippen LogP contribution is 2.42. The van der Waals surface area contributed by atoms with E-state index in [-0.39, 0.29) is 16.0 Å². The zero-order valence-electron chi connectivity index (χ0n) is 9.15. The summed E-state index contributed by atoms with van der Waals surface area (Å²) in [5.41, 5.74) is 1.35. The summed E-state index contributed by atoms with van der Waals surface area (Å²) in [6, 6.07) is 1.58. The third kappa shape index (κ3) is 2.06. The molecule has 0 aliphatic carbocycles. The zero-order valence-corrected chi connectivity index (χ0v) is 11.5. The monoisotopic (exact) mass is 323 g/mol. The molecule has 0 N–H and O–H groups in total. The van der Waals surface area contributed by atoms with Gasteiger partial charge in [-0.05, 0) is 34.5 Å². The molecule has 0 atom stereocenters. The second-order valence-electron chi connectivity index (χ2n) is 3.74. The smallest absolute Gasteiger partial charge is 0.305 e. The summed E-state index contributed by atoms with van der Waals surface area (Å²) in [4.78, 5) is 4.00. The zero-order chi connectivity index (χ0) is 12.8. The molecule has 0 aliphatic heterocycles. The van der Waals surface area contributed by atoms with Gasteiger partial charge in [0.25, 0.3) is 0 Å². The first-order valence-electron chi connectivity index (χ1n) is 5.00. The van der Waals surface area contributed by atoms with E-state index in [0.29, 0.717) is 16.7 Å². The minimum absolute atomic E-state index is 0.171. The first-order chi connectivity index (χ1) is 7.86. The Balaban J connectivity index is 2.77. The van der Waals surface area contributed by atoms with Gasteiger partial charge in [0.15, 0.2) is 11.3 Å². The van der Waals surface area contributed by atoms with Crippen LogP contribution in [0.25, 0.3) is 11.1 Å². The van der Waals surface area contributed by atoms with Crippen molar-refractivity contribution >= 4 is 38.6 Å². The molecule has 0 amide bonds. The van der Waals surface area contributed by atoms with E-state index in [4.69, 9.17) is 16.0 Å². The molecule has 92 valence electrons. The Hall–Kier alpha value is -0.680. The van der Waals surface area contributed by atoms with Crippen LogP contribution in [0.15, 0.2) is 15.0 Å². The normalized spacial score (nSPS) is 12.4. The Labute approximate surface area is 110 Å². The average Bonchev–Trinajstić information content (AvgIpc) is 2.58. The van der Waals surface area contributed by atoms with Crippen molar-refractivity contribution in [2.45, 2.75) is 26.2 Å². The SMILES string of the molecule is CCC(F)(F)c1oc2c(C)cc(Cl)nc2c1Br. The van der Waals surface area contributed by atoms with Gasteiger partial charge < -0.3 is 4.42 Å². The highest BCUT2D eigenvalue weighted by molar-refractivity contribution is 9.10. The number of hydrogen-bond acceptors (Lipinski definition) is 2. The number of aromatic nitrogens is 1. The fourth-order valence-corrected chi connectivity index (χ4v) is 2.44. The largest absolute Gasteiger partial charge is 0.451 e. The molecular weight excluding hydrogens is 315 g/mol. The van der Waals surface area contributed by atoms with E-state index in [1.165, 1.54) is 6.92 Å². The number of alkyl halides is 2. The Morgan fingerprint density at radius 2 is 2.18 bits per heavy atom. The lowest BCUT2D eigenvalue weighted by molar-refractivity contribution is -0.0290. The van der Waals surface area contributed by atoms with Crippen LogP contribution in [0.4, 0.5) is 8.78 Å². The number of pyridine rings is 1. The topological polar surface area (TPSA) is 26.0 Å². The lowest BCUT2D eigenvalue weighted by Crippen LogP contribution is -2.10. The van der Waals surface area contributed by atoms with Crippen LogP contribution in [-0.4, -0.2) is 4.98 Å². The molecule has 2 rings (SSSR count). The maximum Gasteiger partial charge on any atom is 0.305 e. The maximum absolute atomic E-state index is 13.6. The van der Waals surface area contributed by atoms with Crippen molar-refractivity contribution in [3.63, 3.8) is 0 Å². The van der Waals surface area contributed by atoms with Gasteiger partial charge in [-0.25, -0.2) is 4.98 Å². The fraction of sp³-hybridized carbons (Fsp3) is 0.364. The molecule has 0 radical (unpaired) electrons. The van der Waals surface area contributed by atoms with Crippen molar-refractivity contribution < 1.29 is 13.2 Å². The third-order valence-electron chi connectivity index (χ3n) is 2.52. The van der Waals surface area contributed by atoms with Crippen LogP contribution in [-0.2, 0) is 5.92 Å². The number of furan rings is 1. The van der Waals surface area contributed by atoms with Crippen LogP contribution in [0, 0.1) is 6.92 Å². The molecule has 17 heavy (non-hydrogen) atoms. The summed E-state index contributed by atoms with van der Waals surface area (Å²) in [6.45, 7) is 3.13. The van der Waals surface area contributed by atoms with Crippen LogP contribution in [0.2, 0.25) is 5.15 Å². The number of rotatable bonds is 2. The summed E-state index contributed by atoms with van der Waals surface area (Å²) < 4.78 is 32.7. The third-order valence-corrected chi connectivity index (χ3v) is 3.44.